The third kappa shape index (κ3) is 2.69. The molecule has 0 radical (unpaired) electrons. The molecule has 0 aliphatic carbocycles. The summed E-state index contributed by atoms with van der Waals surface area (Å²) >= 11 is 0. The predicted octanol–water partition coefficient (Wildman–Crippen LogP) is 0.704. The van der Waals surface area contributed by atoms with Crippen molar-refractivity contribution in [2.24, 2.45) is 7.05 Å². The highest BCUT2D eigenvalue weighted by Gasteiger charge is 2.15. The lowest BCUT2D eigenvalue weighted by atomic mass is 10.1. The lowest BCUT2D eigenvalue weighted by Gasteiger charge is -2.10. The van der Waals surface area contributed by atoms with Crippen molar-refractivity contribution < 1.29 is 4.79 Å². The Morgan fingerprint density at radius 3 is 3.10 bits per heavy atom. The Bertz CT molecular complexity index is 613. The van der Waals surface area contributed by atoms with Crippen molar-refractivity contribution >= 4 is 16.8 Å². The van der Waals surface area contributed by atoms with Crippen LogP contribution in [-0.4, -0.2) is 29.6 Å². The zero-order chi connectivity index (χ0) is 13.9. The maximum absolute atomic E-state index is 12.1. The fourth-order valence-corrected chi connectivity index (χ4v) is 2.73. The Kier molecular flexibility index (Phi) is 3.71. The molecule has 2 heterocycles. The summed E-state index contributed by atoms with van der Waals surface area (Å²) in [6.07, 6.45) is 3.52. The SMILES string of the molecule is Cn1cc(CC(=O)NCC2CCNN2)c2ccccc21. The summed E-state index contributed by atoms with van der Waals surface area (Å²) in [5, 5.41) is 4.15. The number of fused-ring (bicyclic) bond motifs is 1. The molecule has 1 aromatic heterocycles. The van der Waals surface area contributed by atoms with Gasteiger partial charge in [-0.15, -0.1) is 0 Å². The number of hydrazine groups is 1. The van der Waals surface area contributed by atoms with Crippen LogP contribution in [0.4, 0.5) is 0 Å². The van der Waals surface area contributed by atoms with Crippen LogP contribution in [0.3, 0.4) is 0 Å². The Balaban J connectivity index is 1.65. The highest BCUT2D eigenvalue weighted by atomic mass is 16.1. The molecule has 1 unspecified atom stereocenters. The second-order valence-electron chi connectivity index (χ2n) is 5.32. The first-order valence-electron chi connectivity index (χ1n) is 7.02. The molecular weight excluding hydrogens is 252 g/mol. The van der Waals surface area contributed by atoms with Crippen molar-refractivity contribution in [1.82, 2.24) is 20.7 Å². The van der Waals surface area contributed by atoms with Gasteiger partial charge in [0.1, 0.15) is 0 Å². The zero-order valence-electron chi connectivity index (χ0n) is 11.6. The van der Waals surface area contributed by atoms with E-state index in [4.69, 9.17) is 0 Å². The average molecular weight is 272 g/mol. The number of hydrogen-bond acceptors (Lipinski definition) is 3. The van der Waals surface area contributed by atoms with E-state index in [9.17, 15) is 4.79 Å². The van der Waals surface area contributed by atoms with Crippen molar-refractivity contribution in [3.05, 3.63) is 36.0 Å². The number of aromatic nitrogens is 1. The van der Waals surface area contributed by atoms with E-state index in [0.29, 0.717) is 19.0 Å². The number of carbonyl (C=O) groups is 1. The molecule has 20 heavy (non-hydrogen) atoms. The standard InChI is InChI=1S/C15H20N4O/c1-19-10-11(13-4-2-3-5-14(13)19)8-15(20)16-9-12-6-7-17-18-12/h2-5,10,12,17-18H,6-9H2,1H3,(H,16,20). The minimum atomic E-state index is 0.0788. The Morgan fingerprint density at radius 1 is 1.45 bits per heavy atom. The van der Waals surface area contributed by atoms with Crippen molar-refractivity contribution in [1.29, 1.82) is 0 Å². The first kappa shape index (κ1) is 13.1. The fourth-order valence-electron chi connectivity index (χ4n) is 2.73. The van der Waals surface area contributed by atoms with Crippen LogP contribution < -0.4 is 16.2 Å². The molecule has 3 N–H and O–H groups in total. The first-order chi connectivity index (χ1) is 9.74. The van der Waals surface area contributed by atoms with Crippen LogP contribution in [0, 0.1) is 0 Å². The molecule has 1 atom stereocenters. The van der Waals surface area contributed by atoms with Gasteiger partial charge in [0.15, 0.2) is 0 Å². The normalized spacial score (nSPS) is 18.6. The number of nitrogens with one attached hydrogen (secondary N) is 3. The Morgan fingerprint density at radius 2 is 2.30 bits per heavy atom. The fraction of sp³-hybridized carbons (Fsp3) is 0.400. The molecule has 3 rings (SSSR count). The minimum Gasteiger partial charge on any atom is -0.354 e. The van der Waals surface area contributed by atoms with Crippen LogP contribution in [0.25, 0.3) is 10.9 Å². The van der Waals surface area contributed by atoms with Crippen molar-refractivity contribution in [2.45, 2.75) is 18.9 Å². The van der Waals surface area contributed by atoms with Gasteiger partial charge in [0.2, 0.25) is 5.91 Å². The molecule has 2 aromatic rings. The summed E-state index contributed by atoms with van der Waals surface area (Å²) in [6, 6.07) is 8.51. The van der Waals surface area contributed by atoms with Gasteiger partial charge in [-0.1, -0.05) is 18.2 Å². The summed E-state index contributed by atoms with van der Waals surface area (Å²) < 4.78 is 2.07. The number of amides is 1. The molecule has 1 fully saturated rings. The molecule has 1 aliphatic rings. The van der Waals surface area contributed by atoms with E-state index >= 15 is 0 Å². The van der Waals surface area contributed by atoms with Gasteiger partial charge >= 0.3 is 0 Å². The van der Waals surface area contributed by atoms with Crippen LogP contribution >= 0.6 is 0 Å². The zero-order valence-corrected chi connectivity index (χ0v) is 11.6. The van der Waals surface area contributed by atoms with E-state index in [1.165, 1.54) is 0 Å². The molecule has 1 saturated heterocycles. The molecule has 0 saturated carbocycles. The van der Waals surface area contributed by atoms with Crippen LogP contribution in [-0.2, 0) is 18.3 Å². The summed E-state index contributed by atoms with van der Waals surface area (Å²) in [4.78, 5) is 12.1. The molecule has 0 bridgehead atoms. The molecule has 5 nitrogen and oxygen atoms in total. The van der Waals surface area contributed by atoms with Crippen LogP contribution in [0.15, 0.2) is 30.5 Å². The van der Waals surface area contributed by atoms with Crippen molar-refractivity contribution in [3.8, 4) is 0 Å². The second kappa shape index (κ2) is 5.64. The van der Waals surface area contributed by atoms with E-state index in [1.807, 2.05) is 25.4 Å². The van der Waals surface area contributed by atoms with Gasteiger partial charge in [-0.2, -0.15) is 0 Å². The number of benzene rings is 1. The maximum atomic E-state index is 12.1. The van der Waals surface area contributed by atoms with Gasteiger partial charge in [-0.05, 0) is 18.1 Å². The van der Waals surface area contributed by atoms with E-state index < -0.39 is 0 Å². The molecule has 106 valence electrons. The largest absolute Gasteiger partial charge is 0.354 e. The number of rotatable bonds is 4. The summed E-state index contributed by atoms with van der Waals surface area (Å²) in [7, 11) is 2.01. The van der Waals surface area contributed by atoms with Crippen LogP contribution in [0.5, 0.6) is 0 Å². The Labute approximate surface area is 118 Å². The van der Waals surface area contributed by atoms with Crippen molar-refractivity contribution in [3.63, 3.8) is 0 Å². The molecule has 1 amide bonds. The van der Waals surface area contributed by atoms with Crippen molar-refractivity contribution in [2.75, 3.05) is 13.1 Å². The van der Waals surface area contributed by atoms with E-state index in [1.54, 1.807) is 0 Å². The Hall–Kier alpha value is -1.85. The first-order valence-corrected chi connectivity index (χ1v) is 7.02. The third-order valence-electron chi connectivity index (χ3n) is 3.80. The quantitative estimate of drug-likeness (QED) is 0.768. The average Bonchev–Trinajstić information content (AvgIpc) is 3.07. The smallest absolute Gasteiger partial charge is 0.224 e. The highest BCUT2D eigenvalue weighted by molar-refractivity contribution is 5.89. The topological polar surface area (TPSA) is 58.1 Å². The van der Waals surface area contributed by atoms with E-state index in [-0.39, 0.29) is 5.91 Å². The van der Waals surface area contributed by atoms with Gasteiger partial charge in [-0.3, -0.25) is 15.6 Å². The molecule has 5 heteroatoms. The van der Waals surface area contributed by atoms with Gasteiger partial charge in [0.05, 0.1) is 6.42 Å². The van der Waals surface area contributed by atoms with Gasteiger partial charge in [0.25, 0.3) is 0 Å². The van der Waals surface area contributed by atoms with Crippen LogP contribution in [0.1, 0.15) is 12.0 Å². The summed E-state index contributed by atoms with van der Waals surface area (Å²) in [5.41, 5.74) is 8.45. The monoisotopic (exact) mass is 272 g/mol. The van der Waals surface area contributed by atoms with E-state index in [2.05, 4.69) is 32.9 Å². The molecular formula is C15H20N4O. The number of para-hydroxylation sites is 1. The molecule has 1 aliphatic heterocycles. The summed E-state index contributed by atoms with van der Waals surface area (Å²) in [6.45, 7) is 1.64. The number of hydrogen-bond donors (Lipinski definition) is 3. The van der Waals surface area contributed by atoms with Gasteiger partial charge < -0.3 is 9.88 Å². The number of aryl methyl sites for hydroxylation is 1. The van der Waals surface area contributed by atoms with Crippen LogP contribution in [0.2, 0.25) is 0 Å². The van der Waals surface area contributed by atoms with E-state index in [0.717, 1.165) is 29.4 Å². The molecule has 1 aromatic carbocycles. The number of nitrogens with zero attached hydrogens (tertiary/aromatic N) is 1. The highest BCUT2D eigenvalue weighted by Crippen LogP contribution is 2.20. The van der Waals surface area contributed by atoms with Gasteiger partial charge in [-0.25, -0.2) is 0 Å². The number of carbonyl (C=O) groups excluding carboxylic acids is 1. The molecule has 0 spiro atoms. The maximum Gasteiger partial charge on any atom is 0.224 e. The second-order valence-corrected chi connectivity index (χ2v) is 5.32. The van der Waals surface area contributed by atoms with Gasteiger partial charge in [0, 0.05) is 43.3 Å². The third-order valence-corrected chi connectivity index (χ3v) is 3.80. The lowest BCUT2D eigenvalue weighted by molar-refractivity contribution is -0.120. The summed E-state index contributed by atoms with van der Waals surface area (Å²) in [5.74, 6) is 0.0788. The predicted molar refractivity (Wildman–Crippen MR) is 79.2 cm³/mol. The lowest BCUT2D eigenvalue weighted by Crippen LogP contribution is -2.40. The minimum absolute atomic E-state index is 0.0788.